The molecular formula is C9H11NO4S. The molecule has 0 heterocycles. The van der Waals surface area contributed by atoms with Crippen LogP contribution in [-0.4, -0.2) is 36.6 Å². The molecule has 0 aliphatic rings. The Morgan fingerprint density at radius 2 is 1.87 bits per heavy atom. The van der Waals surface area contributed by atoms with E-state index in [0.717, 1.165) is 5.56 Å². The molecule has 6 heteroatoms. The first-order chi connectivity index (χ1) is 6.97. The minimum atomic E-state index is -3.94. The highest BCUT2D eigenvalue weighted by Crippen LogP contribution is 2.07. The van der Waals surface area contributed by atoms with Gasteiger partial charge in [-0.2, -0.15) is 8.42 Å². The second kappa shape index (κ2) is 4.90. The van der Waals surface area contributed by atoms with Crippen LogP contribution in [0, 0.1) is 0 Å². The van der Waals surface area contributed by atoms with Crippen LogP contribution in [0.2, 0.25) is 0 Å². The third-order valence-corrected chi connectivity index (χ3v) is 2.31. The van der Waals surface area contributed by atoms with E-state index in [0.29, 0.717) is 0 Å². The van der Waals surface area contributed by atoms with Gasteiger partial charge in [-0.15, -0.1) is 0 Å². The zero-order valence-corrected chi connectivity index (χ0v) is 8.68. The van der Waals surface area contributed by atoms with Crippen LogP contribution >= 0.6 is 0 Å². The first-order valence-electron chi connectivity index (χ1n) is 4.21. The van der Waals surface area contributed by atoms with Crippen molar-refractivity contribution in [2.45, 2.75) is 0 Å². The molecule has 0 unspecified atom stereocenters. The molecule has 15 heavy (non-hydrogen) atoms. The van der Waals surface area contributed by atoms with Crippen LogP contribution in [0.15, 0.2) is 29.3 Å². The fourth-order valence-corrected chi connectivity index (χ4v) is 1.23. The lowest BCUT2D eigenvalue weighted by Gasteiger charge is -1.94. The maximum absolute atomic E-state index is 10.3. The molecular weight excluding hydrogens is 218 g/mol. The molecule has 0 saturated carbocycles. The first kappa shape index (κ1) is 11.7. The lowest BCUT2D eigenvalue weighted by Crippen LogP contribution is -2.06. The average molecular weight is 229 g/mol. The van der Waals surface area contributed by atoms with Gasteiger partial charge in [0.2, 0.25) is 0 Å². The number of nitrogens with zero attached hydrogens (tertiary/aromatic N) is 1. The average Bonchev–Trinajstić information content (AvgIpc) is 2.14. The lowest BCUT2D eigenvalue weighted by atomic mass is 10.2. The number of phenols is 1. The van der Waals surface area contributed by atoms with E-state index in [2.05, 4.69) is 4.99 Å². The summed E-state index contributed by atoms with van der Waals surface area (Å²) in [7, 11) is -3.94. The van der Waals surface area contributed by atoms with Crippen LogP contribution in [0.5, 0.6) is 5.75 Å². The van der Waals surface area contributed by atoms with Crippen molar-refractivity contribution in [1.82, 2.24) is 0 Å². The van der Waals surface area contributed by atoms with Crippen LogP contribution in [0.3, 0.4) is 0 Å². The van der Waals surface area contributed by atoms with Crippen molar-refractivity contribution in [2.75, 3.05) is 12.3 Å². The van der Waals surface area contributed by atoms with Gasteiger partial charge in [-0.3, -0.25) is 9.55 Å². The lowest BCUT2D eigenvalue weighted by molar-refractivity contribution is 0.475. The molecule has 0 fully saturated rings. The summed E-state index contributed by atoms with van der Waals surface area (Å²) in [6.45, 7) is 0.0136. The smallest absolute Gasteiger partial charge is 0.266 e. The third-order valence-electron chi connectivity index (χ3n) is 1.61. The predicted octanol–water partition coefficient (Wildman–Crippen LogP) is 0.699. The molecule has 0 aromatic heterocycles. The molecule has 5 nitrogen and oxygen atoms in total. The molecule has 0 saturated heterocycles. The van der Waals surface area contributed by atoms with Crippen LogP contribution in [0.4, 0.5) is 0 Å². The summed E-state index contributed by atoms with van der Waals surface area (Å²) in [6, 6.07) is 6.30. The van der Waals surface area contributed by atoms with Crippen molar-refractivity contribution in [2.24, 2.45) is 4.99 Å². The van der Waals surface area contributed by atoms with Gasteiger partial charge < -0.3 is 5.11 Å². The van der Waals surface area contributed by atoms with Gasteiger partial charge in [-0.05, 0) is 29.8 Å². The molecule has 82 valence electrons. The van der Waals surface area contributed by atoms with Crippen LogP contribution in [-0.2, 0) is 10.1 Å². The molecule has 0 amide bonds. The van der Waals surface area contributed by atoms with Crippen molar-refractivity contribution < 1.29 is 18.1 Å². The second-order valence-corrected chi connectivity index (χ2v) is 4.48. The summed E-state index contributed by atoms with van der Waals surface area (Å²) in [5, 5.41) is 8.98. The Bertz CT molecular complexity index is 436. The van der Waals surface area contributed by atoms with E-state index in [9.17, 15) is 8.42 Å². The molecule has 1 aromatic carbocycles. The quantitative estimate of drug-likeness (QED) is 0.587. The molecule has 1 rings (SSSR count). The fraction of sp³-hybridized carbons (Fsp3) is 0.222. The number of hydrogen-bond acceptors (Lipinski definition) is 4. The van der Waals surface area contributed by atoms with Crippen molar-refractivity contribution in [1.29, 1.82) is 0 Å². The van der Waals surface area contributed by atoms with Crippen LogP contribution < -0.4 is 0 Å². The highest BCUT2D eigenvalue weighted by atomic mass is 32.2. The minimum Gasteiger partial charge on any atom is -0.508 e. The molecule has 0 aliphatic carbocycles. The number of aliphatic imine (C=N–C) groups is 1. The van der Waals surface area contributed by atoms with Gasteiger partial charge in [-0.1, -0.05) is 0 Å². The normalized spacial score (nSPS) is 12.1. The number of benzene rings is 1. The highest BCUT2D eigenvalue weighted by Gasteiger charge is 2.01. The summed E-state index contributed by atoms with van der Waals surface area (Å²) in [4.78, 5) is 3.81. The van der Waals surface area contributed by atoms with E-state index in [1.807, 2.05) is 0 Å². The summed E-state index contributed by atoms with van der Waals surface area (Å²) >= 11 is 0. The number of aromatic hydroxyl groups is 1. The monoisotopic (exact) mass is 229 g/mol. The minimum absolute atomic E-state index is 0.0136. The Morgan fingerprint density at radius 1 is 1.27 bits per heavy atom. The van der Waals surface area contributed by atoms with E-state index in [4.69, 9.17) is 9.66 Å². The molecule has 1 aromatic rings. The van der Waals surface area contributed by atoms with E-state index in [1.165, 1.54) is 18.3 Å². The van der Waals surface area contributed by atoms with E-state index >= 15 is 0 Å². The zero-order valence-electron chi connectivity index (χ0n) is 7.87. The summed E-state index contributed by atoms with van der Waals surface area (Å²) in [5.74, 6) is -0.230. The van der Waals surface area contributed by atoms with E-state index in [-0.39, 0.29) is 18.0 Å². The number of hydrogen-bond donors (Lipinski definition) is 2. The number of phenolic OH excluding ortho intramolecular Hbond substituents is 1. The molecule has 0 radical (unpaired) electrons. The van der Waals surface area contributed by atoms with Crippen molar-refractivity contribution in [3.05, 3.63) is 29.8 Å². The van der Waals surface area contributed by atoms with Crippen LogP contribution in [0.25, 0.3) is 0 Å². The Labute approximate surface area is 87.8 Å². The molecule has 0 bridgehead atoms. The van der Waals surface area contributed by atoms with Gasteiger partial charge >= 0.3 is 0 Å². The summed E-state index contributed by atoms with van der Waals surface area (Å²) in [5.41, 5.74) is 0.753. The van der Waals surface area contributed by atoms with Gasteiger partial charge in [0.15, 0.2) is 0 Å². The van der Waals surface area contributed by atoms with Gasteiger partial charge in [0.1, 0.15) is 5.75 Å². The number of rotatable bonds is 4. The molecule has 0 atom stereocenters. The Morgan fingerprint density at radius 3 is 2.40 bits per heavy atom. The molecule has 2 N–H and O–H groups in total. The van der Waals surface area contributed by atoms with Crippen molar-refractivity contribution >= 4 is 16.3 Å². The molecule has 0 spiro atoms. The van der Waals surface area contributed by atoms with Gasteiger partial charge in [0.25, 0.3) is 10.1 Å². The largest absolute Gasteiger partial charge is 0.508 e. The Kier molecular flexibility index (Phi) is 3.81. The third kappa shape index (κ3) is 5.14. The second-order valence-electron chi connectivity index (χ2n) is 2.91. The van der Waals surface area contributed by atoms with Gasteiger partial charge in [0, 0.05) is 6.21 Å². The fourth-order valence-electron chi connectivity index (χ4n) is 0.898. The van der Waals surface area contributed by atoms with E-state index in [1.54, 1.807) is 12.1 Å². The highest BCUT2D eigenvalue weighted by molar-refractivity contribution is 7.85. The van der Waals surface area contributed by atoms with Gasteiger partial charge in [-0.25, -0.2) is 0 Å². The van der Waals surface area contributed by atoms with Crippen LogP contribution in [0.1, 0.15) is 5.56 Å². The van der Waals surface area contributed by atoms with Gasteiger partial charge in [0.05, 0.1) is 12.3 Å². The van der Waals surface area contributed by atoms with E-state index < -0.39 is 10.1 Å². The summed E-state index contributed by atoms with van der Waals surface area (Å²) in [6.07, 6.45) is 1.48. The topological polar surface area (TPSA) is 87.0 Å². The standard InChI is InChI=1S/C9H11NO4S/c11-9-3-1-8(2-4-9)7-10-5-6-15(12,13)14/h1-4,7,11H,5-6H2,(H,12,13,14)/b10-7+. The Balaban J connectivity index is 2.48. The zero-order chi connectivity index (χ0) is 11.3. The molecule has 0 aliphatic heterocycles. The maximum atomic E-state index is 10.3. The maximum Gasteiger partial charge on any atom is 0.266 e. The van der Waals surface area contributed by atoms with Crippen molar-refractivity contribution in [3.8, 4) is 5.75 Å². The SMILES string of the molecule is O=S(=O)(O)CC/N=C/c1ccc(O)cc1. The first-order valence-corrected chi connectivity index (χ1v) is 5.82. The van der Waals surface area contributed by atoms with Crippen molar-refractivity contribution in [3.63, 3.8) is 0 Å². The predicted molar refractivity (Wildman–Crippen MR) is 57.0 cm³/mol. The summed E-state index contributed by atoms with van der Waals surface area (Å²) < 4.78 is 29.1. The Hall–Kier alpha value is -1.40.